The van der Waals surface area contributed by atoms with E-state index in [1.165, 1.54) is 12.1 Å². The third-order valence-corrected chi connectivity index (χ3v) is 2.12. The second-order valence-electron chi connectivity index (χ2n) is 3.33. The van der Waals surface area contributed by atoms with Gasteiger partial charge >= 0.3 is 0 Å². The zero-order valence-electron chi connectivity index (χ0n) is 8.24. The van der Waals surface area contributed by atoms with E-state index in [9.17, 15) is 9.50 Å². The van der Waals surface area contributed by atoms with Gasteiger partial charge in [-0.2, -0.15) is 0 Å². The van der Waals surface area contributed by atoms with Gasteiger partial charge in [-0.1, -0.05) is 6.07 Å². The summed E-state index contributed by atoms with van der Waals surface area (Å²) in [6.07, 6.45) is 0. The summed E-state index contributed by atoms with van der Waals surface area (Å²) in [7, 11) is 0. The van der Waals surface area contributed by atoms with Crippen LogP contribution in [0.1, 0.15) is 5.69 Å². The molecule has 2 nitrogen and oxygen atoms in total. The van der Waals surface area contributed by atoms with Crippen LogP contribution >= 0.6 is 0 Å². The van der Waals surface area contributed by atoms with Gasteiger partial charge in [0.2, 0.25) is 0 Å². The molecule has 1 aromatic carbocycles. The van der Waals surface area contributed by atoms with E-state index in [4.69, 9.17) is 0 Å². The lowest BCUT2D eigenvalue weighted by Crippen LogP contribution is -1.87. The van der Waals surface area contributed by atoms with Crippen LogP contribution < -0.4 is 0 Å². The van der Waals surface area contributed by atoms with Crippen molar-refractivity contribution in [3.63, 3.8) is 0 Å². The molecule has 1 heterocycles. The molecule has 1 aromatic heterocycles. The summed E-state index contributed by atoms with van der Waals surface area (Å²) in [6, 6.07) is 9.40. The summed E-state index contributed by atoms with van der Waals surface area (Å²) in [5.41, 5.74) is 2.05. The van der Waals surface area contributed by atoms with Crippen LogP contribution in [0.15, 0.2) is 36.4 Å². The number of hydrogen-bond acceptors (Lipinski definition) is 2. The van der Waals surface area contributed by atoms with Crippen molar-refractivity contribution in [2.24, 2.45) is 0 Å². The summed E-state index contributed by atoms with van der Waals surface area (Å²) in [5.74, 6) is -0.544. The molecule has 0 bridgehead atoms. The summed E-state index contributed by atoms with van der Waals surface area (Å²) in [4.78, 5) is 4.25. The van der Waals surface area contributed by atoms with E-state index in [1.807, 2.05) is 19.1 Å². The SMILES string of the molecule is Cc1cccc(-c2ccc(F)cc2O)n1. The minimum Gasteiger partial charge on any atom is -0.507 e. The first kappa shape index (κ1) is 9.65. The van der Waals surface area contributed by atoms with Crippen molar-refractivity contribution in [3.8, 4) is 17.0 Å². The number of phenols is 1. The van der Waals surface area contributed by atoms with Gasteiger partial charge in [-0.05, 0) is 31.2 Å². The molecular formula is C12H10FNO. The lowest BCUT2D eigenvalue weighted by Gasteiger charge is -2.04. The number of aryl methyl sites for hydroxylation is 1. The highest BCUT2D eigenvalue weighted by Gasteiger charge is 2.06. The smallest absolute Gasteiger partial charge is 0.127 e. The molecule has 0 amide bonds. The monoisotopic (exact) mass is 203 g/mol. The minimum absolute atomic E-state index is 0.0897. The normalized spacial score (nSPS) is 10.3. The van der Waals surface area contributed by atoms with Crippen LogP contribution in [0.4, 0.5) is 4.39 Å². The number of phenolic OH excluding ortho intramolecular Hbond substituents is 1. The number of pyridine rings is 1. The maximum atomic E-state index is 12.8. The highest BCUT2D eigenvalue weighted by atomic mass is 19.1. The maximum absolute atomic E-state index is 12.8. The van der Waals surface area contributed by atoms with Crippen molar-refractivity contribution < 1.29 is 9.50 Å². The molecule has 3 heteroatoms. The standard InChI is InChI=1S/C12H10FNO/c1-8-3-2-4-11(14-8)10-6-5-9(13)7-12(10)15/h2-7,15H,1H3. The maximum Gasteiger partial charge on any atom is 0.127 e. The highest BCUT2D eigenvalue weighted by Crippen LogP contribution is 2.27. The van der Waals surface area contributed by atoms with E-state index < -0.39 is 5.82 Å². The molecule has 0 fully saturated rings. The first-order valence-electron chi connectivity index (χ1n) is 4.59. The third kappa shape index (κ3) is 1.96. The molecule has 0 unspecified atom stereocenters. The molecule has 1 N–H and O–H groups in total. The topological polar surface area (TPSA) is 33.1 Å². The van der Waals surface area contributed by atoms with Crippen molar-refractivity contribution in [1.82, 2.24) is 4.98 Å². The Labute approximate surface area is 87.0 Å². The first-order valence-corrected chi connectivity index (χ1v) is 4.59. The number of hydrogen-bond donors (Lipinski definition) is 1. The van der Waals surface area contributed by atoms with Gasteiger partial charge in [-0.3, -0.25) is 4.98 Å². The molecule has 0 saturated heterocycles. The van der Waals surface area contributed by atoms with E-state index in [0.717, 1.165) is 11.8 Å². The largest absolute Gasteiger partial charge is 0.507 e. The highest BCUT2D eigenvalue weighted by molar-refractivity contribution is 5.66. The molecule has 76 valence electrons. The Morgan fingerprint density at radius 2 is 2.00 bits per heavy atom. The lowest BCUT2D eigenvalue weighted by molar-refractivity contribution is 0.471. The van der Waals surface area contributed by atoms with Crippen molar-refractivity contribution in [1.29, 1.82) is 0 Å². The fourth-order valence-electron chi connectivity index (χ4n) is 1.41. The second kappa shape index (κ2) is 3.69. The van der Waals surface area contributed by atoms with Gasteiger partial charge in [0.05, 0.1) is 5.69 Å². The van der Waals surface area contributed by atoms with E-state index >= 15 is 0 Å². The molecular weight excluding hydrogens is 193 g/mol. The number of rotatable bonds is 1. The fourth-order valence-corrected chi connectivity index (χ4v) is 1.41. The van der Waals surface area contributed by atoms with Crippen molar-refractivity contribution in [2.75, 3.05) is 0 Å². The molecule has 15 heavy (non-hydrogen) atoms. The van der Waals surface area contributed by atoms with Crippen LogP contribution in [0.5, 0.6) is 5.75 Å². The van der Waals surface area contributed by atoms with Crippen molar-refractivity contribution in [2.45, 2.75) is 6.92 Å². The van der Waals surface area contributed by atoms with Gasteiger partial charge in [-0.25, -0.2) is 4.39 Å². The average molecular weight is 203 g/mol. The van der Waals surface area contributed by atoms with Gasteiger partial charge in [0, 0.05) is 17.3 Å². The lowest BCUT2D eigenvalue weighted by atomic mass is 10.1. The van der Waals surface area contributed by atoms with E-state index in [-0.39, 0.29) is 5.75 Å². The molecule has 0 aliphatic carbocycles. The Kier molecular flexibility index (Phi) is 2.37. The van der Waals surface area contributed by atoms with Gasteiger partial charge in [0.15, 0.2) is 0 Å². The number of aromatic nitrogens is 1. The summed E-state index contributed by atoms with van der Waals surface area (Å²) >= 11 is 0. The van der Waals surface area contributed by atoms with Gasteiger partial charge in [0.25, 0.3) is 0 Å². The summed E-state index contributed by atoms with van der Waals surface area (Å²) in [5, 5.41) is 9.56. The van der Waals surface area contributed by atoms with Crippen LogP contribution in [0.2, 0.25) is 0 Å². The minimum atomic E-state index is -0.455. The van der Waals surface area contributed by atoms with Gasteiger partial charge in [-0.15, -0.1) is 0 Å². The molecule has 2 rings (SSSR count). The van der Waals surface area contributed by atoms with Crippen LogP contribution in [0, 0.1) is 12.7 Å². The predicted molar refractivity (Wildman–Crippen MR) is 56.0 cm³/mol. The average Bonchev–Trinajstić information content (AvgIpc) is 2.17. The molecule has 0 spiro atoms. The van der Waals surface area contributed by atoms with Crippen LogP contribution in [-0.4, -0.2) is 10.1 Å². The molecule has 0 saturated carbocycles. The molecule has 0 aliphatic heterocycles. The van der Waals surface area contributed by atoms with E-state index in [2.05, 4.69) is 4.98 Å². The summed E-state index contributed by atoms with van der Waals surface area (Å²) < 4.78 is 12.8. The quantitative estimate of drug-likeness (QED) is 0.773. The molecule has 0 atom stereocenters. The van der Waals surface area contributed by atoms with Crippen LogP contribution in [-0.2, 0) is 0 Å². The van der Waals surface area contributed by atoms with Gasteiger partial charge in [0.1, 0.15) is 11.6 Å². The van der Waals surface area contributed by atoms with Crippen LogP contribution in [0.3, 0.4) is 0 Å². The predicted octanol–water partition coefficient (Wildman–Crippen LogP) is 2.90. The first-order chi connectivity index (χ1) is 7.16. The number of nitrogens with zero attached hydrogens (tertiary/aromatic N) is 1. The molecule has 0 radical (unpaired) electrons. The second-order valence-corrected chi connectivity index (χ2v) is 3.33. The number of benzene rings is 1. The summed E-state index contributed by atoms with van der Waals surface area (Å²) in [6.45, 7) is 1.87. The van der Waals surface area contributed by atoms with Crippen molar-refractivity contribution in [3.05, 3.63) is 47.9 Å². The van der Waals surface area contributed by atoms with E-state index in [0.29, 0.717) is 11.3 Å². The Hall–Kier alpha value is -1.90. The van der Waals surface area contributed by atoms with Crippen molar-refractivity contribution >= 4 is 0 Å². The van der Waals surface area contributed by atoms with Gasteiger partial charge < -0.3 is 5.11 Å². The van der Waals surface area contributed by atoms with E-state index in [1.54, 1.807) is 6.07 Å². The van der Waals surface area contributed by atoms with Crippen LogP contribution in [0.25, 0.3) is 11.3 Å². The Morgan fingerprint density at radius 1 is 1.20 bits per heavy atom. The molecule has 2 aromatic rings. The Balaban J connectivity index is 2.54. The fraction of sp³-hybridized carbons (Fsp3) is 0.0833. The Morgan fingerprint density at radius 3 is 2.67 bits per heavy atom. The third-order valence-electron chi connectivity index (χ3n) is 2.12. The number of aromatic hydroxyl groups is 1. The zero-order chi connectivity index (χ0) is 10.8. The zero-order valence-corrected chi connectivity index (χ0v) is 8.24. The number of halogens is 1. The Bertz CT molecular complexity index is 497. The molecule has 0 aliphatic rings.